The van der Waals surface area contributed by atoms with Gasteiger partial charge in [0.15, 0.2) is 0 Å². The van der Waals surface area contributed by atoms with Gasteiger partial charge in [0.2, 0.25) is 0 Å². The number of hydrogen-bond acceptors (Lipinski definition) is 2. The number of allylic oxidation sites excluding steroid dienone is 1. The minimum atomic E-state index is -0.105. The summed E-state index contributed by atoms with van der Waals surface area (Å²) in [5.74, 6) is -0.105. The van der Waals surface area contributed by atoms with Gasteiger partial charge in [0.05, 0.1) is 0 Å². The van der Waals surface area contributed by atoms with Gasteiger partial charge in [-0.1, -0.05) is 29.3 Å². The molecule has 0 aliphatic carbocycles. The lowest BCUT2D eigenvalue weighted by atomic mass is 9.97. The van der Waals surface area contributed by atoms with Crippen LogP contribution in [0.2, 0.25) is 0 Å². The highest BCUT2D eigenvalue weighted by atomic mass is 16.1. The minimum Gasteiger partial charge on any atom is -0.267 e. The molecule has 1 aliphatic rings. The van der Waals surface area contributed by atoms with Crippen molar-refractivity contribution in [1.82, 2.24) is 4.98 Å². The molecule has 3 heteroatoms. The van der Waals surface area contributed by atoms with E-state index in [1.54, 1.807) is 0 Å². The number of aromatic nitrogens is 1. The second-order valence-corrected chi connectivity index (χ2v) is 6.17. The first-order valence-electron chi connectivity index (χ1n) is 7.58. The van der Waals surface area contributed by atoms with Crippen LogP contribution >= 0.6 is 0 Å². The number of carbonyl (C=O) groups excluding carboxylic acids is 1. The van der Waals surface area contributed by atoms with E-state index in [0.29, 0.717) is 6.42 Å². The first kappa shape index (κ1) is 14.6. The average molecular weight is 292 g/mol. The summed E-state index contributed by atoms with van der Waals surface area (Å²) in [6.45, 7) is 7.98. The van der Waals surface area contributed by atoms with Crippen LogP contribution in [0.15, 0.2) is 40.4 Å². The van der Waals surface area contributed by atoms with Gasteiger partial charge in [-0.3, -0.25) is 9.78 Å². The van der Waals surface area contributed by atoms with Gasteiger partial charge in [0.25, 0.3) is 5.91 Å². The molecular weight excluding hydrogens is 272 g/mol. The van der Waals surface area contributed by atoms with Crippen LogP contribution in [0.4, 0.5) is 0 Å². The van der Waals surface area contributed by atoms with E-state index in [2.05, 4.69) is 41.2 Å². The Morgan fingerprint density at radius 1 is 1.09 bits per heavy atom. The van der Waals surface area contributed by atoms with Gasteiger partial charge in [-0.25, -0.2) is 4.99 Å². The molecule has 1 aromatic carbocycles. The van der Waals surface area contributed by atoms with Crippen LogP contribution in [0.3, 0.4) is 0 Å². The zero-order valence-corrected chi connectivity index (χ0v) is 13.5. The molecule has 3 nitrogen and oxygen atoms in total. The number of hydrogen-bond donors (Lipinski definition) is 0. The molecule has 0 unspecified atom stereocenters. The fourth-order valence-electron chi connectivity index (χ4n) is 2.91. The van der Waals surface area contributed by atoms with Crippen LogP contribution in [0.5, 0.6) is 0 Å². The van der Waals surface area contributed by atoms with Crippen molar-refractivity contribution in [2.24, 2.45) is 4.99 Å². The molecule has 3 rings (SSSR count). The predicted octanol–water partition coefficient (Wildman–Crippen LogP) is 4.10. The number of fused-ring (bicyclic) bond motifs is 1. The summed E-state index contributed by atoms with van der Waals surface area (Å²) >= 11 is 0. The third kappa shape index (κ3) is 2.71. The third-order valence-electron chi connectivity index (χ3n) is 4.31. The van der Waals surface area contributed by atoms with Crippen molar-refractivity contribution in [1.29, 1.82) is 0 Å². The molecule has 2 heterocycles. The molecule has 1 aromatic heterocycles. The largest absolute Gasteiger partial charge is 0.272 e. The third-order valence-corrected chi connectivity index (χ3v) is 4.31. The fourth-order valence-corrected chi connectivity index (χ4v) is 2.91. The molecule has 0 radical (unpaired) electrons. The zero-order chi connectivity index (χ0) is 15.9. The predicted molar refractivity (Wildman–Crippen MR) is 90.4 cm³/mol. The second kappa shape index (κ2) is 5.48. The van der Waals surface area contributed by atoms with E-state index < -0.39 is 0 Å². The molecule has 0 fully saturated rings. The number of carbonyl (C=O) groups is 1. The van der Waals surface area contributed by atoms with Gasteiger partial charge in [-0.2, -0.15) is 0 Å². The minimum absolute atomic E-state index is 0.105. The van der Waals surface area contributed by atoms with Crippen molar-refractivity contribution in [3.63, 3.8) is 0 Å². The normalized spacial score (nSPS) is 15.5. The Bertz CT molecular complexity index is 844. The van der Waals surface area contributed by atoms with Crippen LogP contribution in [-0.4, -0.2) is 16.6 Å². The van der Waals surface area contributed by atoms with Gasteiger partial charge >= 0.3 is 0 Å². The van der Waals surface area contributed by atoms with Crippen molar-refractivity contribution in [2.75, 3.05) is 0 Å². The lowest BCUT2D eigenvalue weighted by molar-refractivity contribution is -0.114. The number of amides is 1. The monoisotopic (exact) mass is 292 g/mol. The van der Waals surface area contributed by atoms with Gasteiger partial charge in [0, 0.05) is 40.9 Å². The van der Waals surface area contributed by atoms with Crippen molar-refractivity contribution in [2.45, 2.75) is 40.5 Å². The molecule has 0 saturated carbocycles. The Kier molecular flexibility index (Phi) is 3.65. The van der Waals surface area contributed by atoms with E-state index in [1.807, 2.05) is 20.8 Å². The van der Waals surface area contributed by atoms with Crippen molar-refractivity contribution < 1.29 is 4.79 Å². The van der Waals surface area contributed by atoms with Crippen molar-refractivity contribution in [3.05, 3.63) is 52.4 Å². The number of aryl methyl sites for hydroxylation is 2. The fraction of sp³-hybridized carbons (Fsp3) is 0.316. The van der Waals surface area contributed by atoms with Crippen LogP contribution in [0.25, 0.3) is 10.8 Å². The maximum Gasteiger partial charge on any atom is 0.272 e. The summed E-state index contributed by atoms with van der Waals surface area (Å²) in [6, 6.07) is 8.52. The number of dihydropyridines is 1. The number of nitrogens with zero attached hydrogens (tertiary/aromatic N) is 2. The Hall–Kier alpha value is -2.29. The van der Waals surface area contributed by atoms with Crippen molar-refractivity contribution in [3.8, 4) is 0 Å². The zero-order valence-electron chi connectivity index (χ0n) is 13.5. The standard InChI is InChI=1S/C19H20N2O/c1-11-5-6-18-14(4)20-17(9-15(18)7-11)10-16-8-12(2)13(3)19(22)21-16/h5-7,9H,8,10H2,1-4H3. The summed E-state index contributed by atoms with van der Waals surface area (Å²) in [6.07, 6.45) is 1.41. The van der Waals surface area contributed by atoms with E-state index in [4.69, 9.17) is 0 Å². The Morgan fingerprint density at radius 3 is 2.59 bits per heavy atom. The Labute approximate surface area is 130 Å². The summed E-state index contributed by atoms with van der Waals surface area (Å²) < 4.78 is 0. The van der Waals surface area contributed by atoms with Crippen LogP contribution < -0.4 is 0 Å². The van der Waals surface area contributed by atoms with Crippen LogP contribution in [0.1, 0.15) is 37.2 Å². The summed E-state index contributed by atoms with van der Waals surface area (Å²) in [5.41, 5.74) is 6.05. The highest BCUT2D eigenvalue weighted by molar-refractivity contribution is 6.08. The lowest BCUT2D eigenvalue weighted by Crippen LogP contribution is -2.16. The molecule has 0 spiro atoms. The first-order chi connectivity index (χ1) is 10.4. The quantitative estimate of drug-likeness (QED) is 0.836. The molecule has 0 bridgehead atoms. The highest BCUT2D eigenvalue weighted by Crippen LogP contribution is 2.22. The van der Waals surface area contributed by atoms with Crippen molar-refractivity contribution >= 4 is 22.4 Å². The van der Waals surface area contributed by atoms with E-state index in [0.717, 1.165) is 34.7 Å². The SMILES string of the molecule is CC1=C(C)C(=O)N=C(Cc2cc3cc(C)ccc3c(C)n2)C1. The molecular formula is C19H20N2O. The Balaban J connectivity index is 1.95. The first-order valence-corrected chi connectivity index (χ1v) is 7.58. The molecule has 1 amide bonds. The Morgan fingerprint density at radius 2 is 1.86 bits per heavy atom. The molecule has 0 N–H and O–H groups in total. The van der Waals surface area contributed by atoms with E-state index in [-0.39, 0.29) is 5.91 Å². The summed E-state index contributed by atoms with van der Waals surface area (Å²) in [4.78, 5) is 20.8. The number of pyridine rings is 1. The summed E-state index contributed by atoms with van der Waals surface area (Å²) in [5, 5.41) is 2.39. The van der Waals surface area contributed by atoms with Gasteiger partial charge in [-0.15, -0.1) is 0 Å². The molecule has 22 heavy (non-hydrogen) atoms. The maximum absolute atomic E-state index is 11.9. The molecule has 2 aromatic rings. The van der Waals surface area contributed by atoms with Gasteiger partial charge in [-0.05, 0) is 39.1 Å². The van der Waals surface area contributed by atoms with E-state index >= 15 is 0 Å². The molecule has 112 valence electrons. The van der Waals surface area contributed by atoms with Crippen LogP contribution in [-0.2, 0) is 11.2 Å². The molecule has 1 aliphatic heterocycles. The number of benzene rings is 1. The van der Waals surface area contributed by atoms with E-state index in [9.17, 15) is 4.79 Å². The number of rotatable bonds is 2. The molecule has 0 atom stereocenters. The second-order valence-electron chi connectivity index (χ2n) is 6.17. The molecule has 0 saturated heterocycles. The van der Waals surface area contributed by atoms with Crippen LogP contribution in [0, 0.1) is 13.8 Å². The lowest BCUT2D eigenvalue weighted by Gasteiger charge is -2.14. The smallest absolute Gasteiger partial charge is 0.267 e. The van der Waals surface area contributed by atoms with E-state index in [1.165, 1.54) is 16.3 Å². The van der Waals surface area contributed by atoms with Gasteiger partial charge in [0.1, 0.15) is 0 Å². The highest BCUT2D eigenvalue weighted by Gasteiger charge is 2.17. The average Bonchev–Trinajstić information content (AvgIpc) is 2.44. The number of aliphatic imine (C=N–C) groups is 1. The topological polar surface area (TPSA) is 42.3 Å². The summed E-state index contributed by atoms with van der Waals surface area (Å²) in [7, 11) is 0. The maximum atomic E-state index is 11.9. The van der Waals surface area contributed by atoms with Gasteiger partial charge < -0.3 is 0 Å².